The molecule has 1 heterocycles. The minimum Gasteiger partial charge on any atom is -0.394 e. The van der Waals surface area contributed by atoms with E-state index in [1.807, 2.05) is 0 Å². The molecule has 0 aromatic heterocycles. The Bertz CT molecular complexity index is 383. The molecule has 0 saturated heterocycles. The molecule has 1 unspecified atom stereocenters. The summed E-state index contributed by atoms with van der Waals surface area (Å²) in [6.07, 6.45) is 11.2. The summed E-state index contributed by atoms with van der Waals surface area (Å²) >= 11 is 0. The first kappa shape index (κ1) is 30.2. The third-order valence-corrected chi connectivity index (χ3v) is 6.05. The molecule has 28 heavy (non-hydrogen) atoms. The Balaban J connectivity index is 0. The quantitative estimate of drug-likeness (QED) is 0.348. The van der Waals surface area contributed by atoms with Gasteiger partial charge in [-0.15, -0.1) is 0 Å². The third-order valence-electron chi connectivity index (χ3n) is 3.41. The number of aliphatic hydroxyl groups is 2. The molecule has 0 fully saturated rings. The Morgan fingerprint density at radius 3 is 1.93 bits per heavy atom. The van der Waals surface area contributed by atoms with Gasteiger partial charge in [0, 0.05) is 11.5 Å². The number of unbranched alkanes of at least 4 members (excludes halogenated alkanes) is 2. The molecule has 0 saturated carbocycles. The van der Waals surface area contributed by atoms with Crippen LogP contribution in [-0.4, -0.2) is 48.8 Å². The lowest BCUT2D eigenvalue weighted by atomic mass is 10.2. The Morgan fingerprint density at radius 1 is 0.929 bits per heavy atom. The summed E-state index contributed by atoms with van der Waals surface area (Å²) in [7, 11) is 3.51. The van der Waals surface area contributed by atoms with Gasteiger partial charge in [0.2, 0.25) is 0 Å². The summed E-state index contributed by atoms with van der Waals surface area (Å²) < 4.78 is 10.5. The molecule has 4 nitrogen and oxygen atoms in total. The van der Waals surface area contributed by atoms with Gasteiger partial charge >= 0.3 is 0 Å². The van der Waals surface area contributed by atoms with Crippen LogP contribution in [0.4, 0.5) is 0 Å². The van der Waals surface area contributed by atoms with Crippen LogP contribution in [-0.2, 0) is 9.47 Å². The molecular formula is C22H44O4S2. The van der Waals surface area contributed by atoms with Crippen molar-refractivity contribution in [3.8, 4) is 0 Å². The van der Waals surface area contributed by atoms with Gasteiger partial charge < -0.3 is 19.7 Å². The van der Waals surface area contributed by atoms with E-state index in [-0.39, 0.29) is 13.2 Å². The molecule has 0 aromatic carbocycles. The van der Waals surface area contributed by atoms with E-state index < -0.39 is 6.10 Å². The smallest absolute Gasteiger partial charge is 0.100 e. The normalized spacial score (nSPS) is 14.3. The van der Waals surface area contributed by atoms with E-state index in [9.17, 15) is 0 Å². The van der Waals surface area contributed by atoms with Crippen LogP contribution >= 0.6 is 21.6 Å². The Kier molecular flexibility index (Phi) is 25.1. The van der Waals surface area contributed by atoms with E-state index in [0.717, 1.165) is 24.4 Å². The molecule has 0 bridgehead atoms. The minimum absolute atomic E-state index is 0.186. The predicted molar refractivity (Wildman–Crippen MR) is 127 cm³/mol. The summed E-state index contributed by atoms with van der Waals surface area (Å²) in [5.74, 6) is 0. The van der Waals surface area contributed by atoms with Crippen LogP contribution in [0, 0.1) is 0 Å². The molecule has 0 spiro atoms. The van der Waals surface area contributed by atoms with Gasteiger partial charge in [0.25, 0.3) is 0 Å². The van der Waals surface area contributed by atoms with E-state index in [1.165, 1.54) is 30.6 Å². The van der Waals surface area contributed by atoms with Crippen LogP contribution in [0.3, 0.4) is 0 Å². The van der Waals surface area contributed by atoms with Crippen LogP contribution in [0.25, 0.3) is 0 Å². The molecular weight excluding hydrogens is 392 g/mol. The summed E-state index contributed by atoms with van der Waals surface area (Å²) in [6, 6.07) is 0. The maximum Gasteiger partial charge on any atom is 0.100 e. The van der Waals surface area contributed by atoms with Crippen LogP contribution in [0.15, 0.2) is 22.0 Å². The van der Waals surface area contributed by atoms with E-state index >= 15 is 0 Å². The number of ether oxygens (including phenoxy) is 2. The van der Waals surface area contributed by atoms with Gasteiger partial charge in [-0.25, -0.2) is 0 Å². The zero-order valence-corrected chi connectivity index (χ0v) is 20.5. The Morgan fingerprint density at radius 2 is 1.54 bits per heavy atom. The fourth-order valence-corrected chi connectivity index (χ4v) is 3.79. The molecule has 6 heteroatoms. The minimum atomic E-state index is -0.771. The van der Waals surface area contributed by atoms with Crippen molar-refractivity contribution < 1.29 is 19.7 Å². The van der Waals surface area contributed by atoms with Gasteiger partial charge in [0.1, 0.15) is 6.10 Å². The van der Waals surface area contributed by atoms with Crippen LogP contribution in [0.5, 0.6) is 0 Å². The van der Waals surface area contributed by atoms with Crippen molar-refractivity contribution in [1.29, 1.82) is 0 Å². The van der Waals surface area contributed by atoms with Gasteiger partial charge in [-0.3, -0.25) is 0 Å². The van der Waals surface area contributed by atoms with Crippen molar-refractivity contribution in [1.82, 2.24) is 0 Å². The Hall–Kier alpha value is 0.0200. The van der Waals surface area contributed by atoms with Crippen molar-refractivity contribution in [3.63, 3.8) is 0 Å². The van der Waals surface area contributed by atoms with E-state index in [1.54, 1.807) is 21.6 Å². The summed E-state index contributed by atoms with van der Waals surface area (Å²) in [6.45, 7) is 14.1. The predicted octanol–water partition coefficient (Wildman–Crippen LogP) is 6.34. The highest BCUT2D eigenvalue weighted by atomic mass is 33.1. The SMILES string of the molecule is CCCC.CCCCC1=CC=C(COCC(O)CO)SS1.CCCOC(C)C. The Labute approximate surface area is 181 Å². The second-order valence-corrected chi connectivity index (χ2v) is 9.19. The molecule has 1 aliphatic heterocycles. The third kappa shape index (κ3) is 22.3. The van der Waals surface area contributed by atoms with Crippen molar-refractivity contribution in [2.45, 2.75) is 92.3 Å². The molecule has 1 aliphatic rings. The fourth-order valence-electron chi connectivity index (χ4n) is 1.60. The first-order chi connectivity index (χ1) is 13.4. The lowest BCUT2D eigenvalue weighted by molar-refractivity contribution is 0.0144. The zero-order chi connectivity index (χ0) is 21.6. The summed E-state index contributed by atoms with van der Waals surface area (Å²) in [4.78, 5) is 2.57. The number of hydrogen-bond acceptors (Lipinski definition) is 6. The second kappa shape index (κ2) is 23.3. The molecule has 168 valence electrons. The molecule has 1 rings (SSSR count). The highest BCUT2D eigenvalue weighted by molar-refractivity contribution is 8.79. The topological polar surface area (TPSA) is 58.9 Å². The monoisotopic (exact) mass is 436 g/mol. The second-order valence-electron chi connectivity index (χ2n) is 6.81. The molecule has 1 atom stereocenters. The van der Waals surface area contributed by atoms with Crippen LogP contribution in [0.1, 0.15) is 80.1 Å². The van der Waals surface area contributed by atoms with Crippen LogP contribution < -0.4 is 0 Å². The number of rotatable bonds is 12. The maximum atomic E-state index is 9.11. The highest BCUT2D eigenvalue weighted by Gasteiger charge is 2.09. The molecule has 0 aromatic rings. The van der Waals surface area contributed by atoms with Crippen molar-refractivity contribution in [2.24, 2.45) is 0 Å². The average Bonchev–Trinajstić information content (AvgIpc) is 2.72. The van der Waals surface area contributed by atoms with Gasteiger partial charge in [-0.1, -0.05) is 74.6 Å². The van der Waals surface area contributed by atoms with Crippen LogP contribution in [0.2, 0.25) is 0 Å². The van der Waals surface area contributed by atoms with Gasteiger partial charge in [0.05, 0.1) is 25.9 Å². The van der Waals surface area contributed by atoms with Crippen molar-refractivity contribution in [2.75, 3.05) is 26.4 Å². The average molecular weight is 437 g/mol. The lowest BCUT2D eigenvalue weighted by Crippen LogP contribution is -2.19. The summed E-state index contributed by atoms with van der Waals surface area (Å²) in [5.41, 5.74) is 0. The standard InChI is InChI=1S/C12H20O3S2.C6H14O.C4H10/c1-2-3-4-11-5-6-12(17-16-11)9-15-8-10(14)7-13;1-4-5-7-6(2)3;1-3-4-2/h5-6,10,13-14H,2-4,7-9H2,1H3;6H,4-5H2,1-3H3;3-4H2,1-2H3. The number of hydrogen-bond donors (Lipinski definition) is 2. The molecule has 2 N–H and O–H groups in total. The highest BCUT2D eigenvalue weighted by Crippen LogP contribution is 2.41. The lowest BCUT2D eigenvalue weighted by Gasteiger charge is -2.14. The van der Waals surface area contributed by atoms with Gasteiger partial charge in [-0.2, -0.15) is 0 Å². The van der Waals surface area contributed by atoms with E-state index in [0.29, 0.717) is 12.7 Å². The molecule has 0 radical (unpaired) electrons. The van der Waals surface area contributed by atoms with E-state index in [4.69, 9.17) is 19.7 Å². The van der Waals surface area contributed by atoms with Crippen molar-refractivity contribution in [3.05, 3.63) is 22.0 Å². The number of aliphatic hydroxyl groups excluding tert-OH is 2. The largest absolute Gasteiger partial charge is 0.394 e. The number of allylic oxidation sites excluding steroid dienone is 3. The van der Waals surface area contributed by atoms with E-state index in [2.05, 4.69) is 53.7 Å². The fraction of sp³-hybridized carbons (Fsp3) is 0.818. The van der Waals surface area contributed by atoms with Gasteiger partial charge in [0.15, 0.2) is 0 Å². The maximum absolute atomic E-state index is 9.11. The first-order valence-electron chi connectivity index (χ1n) is 10.7. The first-order valence-corrected chi connectivity index (χ1v) is 12.8. The molecule has 0 amide bonds. The van der Waals surface area contributed by atoms with Crippen molar-refractivity contribution >= 4 is 21.6 Å². The van der Waals surface area contributed by atoms with Gasteiger partial charge in [-0.05, 0) is 44.1 Å². The molecule has 0 aliphatic carbocycles. The summed E-state index contributed by atoms with van der Waals surface area (Å²) in [5, 5.41) is 17.7. The zero-order valence-electron chi connectivity index (χ0n) is 18.9.